The molecule has 1 aromatic heterocycles. The maximum absolute atomic E-state index is 14.0. The number of rotatable bonds is 6. The zero-order chi connectivity index (χ0) is 13.7. The second-order valence-electron chi connectivity index (χ2n) is 4.36. The highest BCUT2D eigenvalue weighted by atomic mass is 32.2. The van der Waals surface area contributed by atoms with E-state index in [1.54, 1.807) is 18.5 Å². The average molecular weight is 279 g/mol. The largest absolute Gasteiger partial charge is 0.339 e. The van der Waals surface area contributed by atoms with Crippen LogP contribution in [-0.2, 0) is 0 Å². The van der Waals surface area contributed by atoms with E-state index in [1.165, 1.54) is 11.8 Å². The second kappa shape index (κ2) is 6.73. The molecular weight excluding hydrogens is 261 g/mol. The molecule has 0 fully saturated rings. The number of aromatic nitrogens is 2. The minimum atomic E-state index is -0.205. The van der Waals surface area contributed by atoms with E-state index in [9.17, 15) is 4.39 Å². The lowest BCUT2D eigenvalue weighted by atomic mass is 10.1. The van der Waals surface area contributed by atoms with Gasteiger partial charge in [-0.2, -0.15) is 0 Å². The standard InChI is InChI=1S/C14H18FN3S/c1-3-6-16-10(2)11-4-5-13(12(15)9-11)19-14-17-7-8-18-14/h4-5,7-10,16H,3,6H2,1-2H3,(H,17,18). The van der Waals surface area contributed by atoms with Crippen molar-refractivity contribution in [2.24, 2.45) is 0 Å². The lowest BCUT2D eigenvalue weighted by molar-refractivity contribution is 0.556. The van der Waals surface area contributed by atoms with Crippen LogP contribution in [0.25, 0.3) is 0 Å². The van der Waals surface area contributed by atoms with Gasteiger partial charge in [-0.3, -0.25) is 0 Å². The van der Waals surface area contributed by atoms with Crippen LogP contribution in [0.15, 0.2) is 40.6 Å². The highest BCUT2D eigenvalue weighted by molar-refractivity contribution is 7.99. The summed E-state index contributed by atoms with van der Waals surface area (Å²) in [5, 5.41) is 4.05. The van der Waals surface area contributed by atoms with Gasteiger partial charge in [-0.05, 0) is 49.3 Å². The third-order valence-corrected chi connectivity index (χ3v) is 3.80. The number of nitrogens with one attached hydrogen (secondary N) is 2. The number of nitrogens with zero attached hydrogens (tertiary/aromatic N) is 1. The molecule has 0 saturated carbocycles. The van der Waals surface area contributed by atoms with Gasteiger partial charge in [0.25, 0.3) is 0 Å². The maximum atomic E-state index is 14.0. The van der Waals surface area contributed by atoms with E-state index < -0.39 is 0 Å². The SMILES string of the molecule is CCCNC(C)c1ccc(Sc2ncc[nH]2)c(F)c1. The Morgan fingerprint density at radius 1 is 1.47 bits per heavy atom. The van der Waals surface area contributed by atoms with Gasteiger partial charge >= 0.3 is 0 Å². The Balaban J connectivity index is 2.08. The van der Waals surface area contributed by atoms with Crippen LogP contribution in [0, 0.1) is 5.82 Å². The van der Waals surface area contributed by atoms with Crippen molar-refractivity contribution in [2.75, 3.05) is 6.54 Å². The molecule has 1 unspecified atom stereocenters. The molecule has 1 heterocycles. The summed E-state index contributed by atoms with van der Waals surface area (Å²) in [6, 6.07) is 5.53. The van der Waals surface area contributed by atoms with Gasteiger partial charge in [0.05, 0.1) is 4.90 Å². The first kappa shape index (κ1) is 14.1. The van der Waals surface area contributed by atoms with Crippen LogP contribution in [0.3, 0.4) is 0 Å². The van der Waals surface area contributed by atoms with Crippen LogP contribution >= 0.6 is 11.8 Å². The third-order valence-electron chi connectivity index (χ3n) is 2.84. The van der Waals surface area contributed by atoms with Gasteiger partial charge < -0.3 is 10.3 Å². The molecule has 1 atom stereocenters. The Morgan fingerprint density at radius 2 is 2.32 bits per heavy atom. The van der Waals surface area contributed by atoms with E-state index in [0.29, 0.717) is 10.1 Å². The van der Waals surface area contributed by atoms with Crippen molar-refractivity contribution in [1.82, 2.24) is 15.3 Å². The van der Waals surface area contributed by atoms with Crippen LogP contribution < -0.4 is 5.32 Å². The number of hydrogen-bond donors (Lipinski definition) is 2. The average Bonchev–Trinajstić information content (AvgIpc) is 2.91. The molecule has 0 saturated heterocycles. The first-order valence-electron chi connectivity index (χ1n) is 6.40. The van der Waals surface area contributed by atoms with E-state index in [-0.39, 0.29) is 11.9 Å². The van der Waals surface area contributed by atoms with Crippen molar-refractivity contribution in [3.63, 3.8) is 0 Å². The summed E-state index contributed by atoms with van der Waals surface area (Å²) in [4.78, 5) is 7.61. The second-order valence-corrected chi connectivity index (χ2v) is 5.39. The summed E-state index contributed by atoms with van der Waals surface area (Å²) in [5.41, 5.74) is 0.967. The van der Waals surface area contributed by atoms with Gasteiger partial charge in [0, 0.05) is 18.4 Å². The van der Waals surface area contributed by atoms with Crippen molar-refractivity contribution < 1.29 is 4.39 Å². The molecule has 0 bridgehead atoms. The molecule has 0 radical (unpaired) electrons. The van der Waals surface area contributed by atoms with Gasteiger partial charge in [-0.15, -0.1) is 0 Å². The normalized spacial score (nSPS) is 12.6. The molecule has 1 aromatic carbocycles. The molecule has 0 aliphatic rings. The molecule has 0 aliphatic carbocycles. The summed E-state index contributed by atoms with van der Waals surface area (Å²) in [6.07, 6.45) is 4.45. The third kappa shape index (κ3) is 3.81. The fourth-order valence-electron chi connectivity index (χ4n) is 1.76. The summed E-state index contributed by atoms with van der Waals surface area (Å²) in [5.74, 6) is -0.205. The van der Waals surface area contributed by atoms with Gasteiger partial charge in [0.1, 0.15) is 5.82 Å². The number of benzene rings is 1. The van der Waals surface area contributed by atoms with Crippen LogP contribution in [-0.4, -0.2) is 16.5 Å². The predicted molar refractivity (Wildman–Crippen MR) is 75.8 cm³/mol. The number of hydrogen-bond acceptors (Lipinski definition) is 3. The van der Waals surface area contributed by atoms with E-state index >= 15 is 0 Å². The molecule has 2 rings (SSSR count). The lowest BCUT2D eigenvalue weighted by Crippen LogP contribution is -2.19. The smallest absolute Gasteiger partial charge is 0.170 e. The van der Waals surface area contributed by atoms with Crippen LogP contribution in [0.4, 0.5) is 4.39 Å². The Kier molecular flexibility index (Phi) is 4.99. The number of halogens is 1. The van der Waals surface area contributed by atoms with Crippen molar-refractivity contribution in [3.8, 4) is 0 Å². The zero-order valence-electron chi connectivity index (χ0n) is 11.1. The van der Waals surface area contributed by atoms with E-state index in [0.717, 1.165) is 18.5 Å². The quantitative estimate of drug-likeness (QED) is 0.846. The highest BCUT2D eigenvalue weighted by Crippen LogP contribution is 2.28. The summed E-state index contributed by atoms with van der Waals surface area (Å²) in [6.45, 7) is 5.10. The maximum Gasteiger partial charge on any atom is 0.170 e. The fourth-order valence-corrected chi connectivity index (χ4v) is 2.50. The number of aromatic amines is 1. The Bertz CT molecular complexity index is 513. The highest BCUT2D eigenvalue weighted by Gasteiger charge is 2.10. The topological polar surface area (TPSA) is 40.7 Å². The predicted octanol–water partition coefficient (Wildman–Crippen LogP) is 3.76. The molecule has 2 N–H and O–H groups in total. The Morgan fingerprint density at radius 3 is 2.95 bits per heavy atom. The molecule has 3 nitrogen and oxygen atoms in total. The molecule has 5 heteroatoms. The van der Waals surface area contributed by atoms with Crippen molar-refractivity contribution >= 4 is 11.8 Å². The van der Waals surface area contributed by atoms with E-state index in [4.69, 9.17) is 0 Å². The number of H-pyrrole nitrogens is 1. The van der Waals surface area contributed by atoms with Crippen LogP contribution in [0.1, 0.15) is 31.9 Å². The summed E-state index contributed by atoms with van der Waals surface area (Å²) in [7, 11) is 0. The van der Waals surface area contributed by atoms with Gasteiger partial charge in [0.2, 0.25) is 0 Å². The molecule has 0 spiro atoms. The van der Waals surface area contributed by atoms with Gasteiger partial charge in [0.15, 0.2) is 5.16 Å². The van der Waals surface area contributed by atoms with Gasteiger partial charge in [-0.1, -0.05) is 13.0 Å². The van der Waals surface area contributed by atoms with Gasteiger partial charge in [-0.25, -0.2) is 9.37 Å². The minimum absolute atomic E-state index is 0.164. The zero-order valence-corrected chi connectivity index (χ0v) is 11.9. The molecule has 2 aromatic rings. The summed E-state index contributed by atoms with van der Waals surface area (Å²) >= 11 is 1.30. The monoisotopic (exact) mass is 279 g/mol. The van der Waals surface area contributed by atoms with Crippen LogP contribution in [0.2, 0.25) is 0 Å². The van der Waals surface area contributed by atoms with E-state index in [1.807, 2.05) is 19.1 Å². The molecule has 19 heavy (non-hydrogen) atoms. The van der Waals surface area contributed by atoms with Crippen LogP contribution in [0.5, 0.6) is 0 Å². The van der Waals surface area contributed by atoms with E-state index in [2.05, 4.69) is 22.2 Å². The molecule has 102 valence electrons. The minimum Gasteiger partial charge on any atom is -0.339 e. The van der Waals surface area contributed by atoms with Crippen molar-refractivity contribution in [1.29, 1.82) is 0 Å². The number of imidazole rings is 1. The van der Waals surface area contributed by atoms with Crippen molar-refractivity contribution in [2.45, 2.75) is 36.4 Å². The first-order chi connectivity index (χ1) is 9.20. The molecular formula is C14H18FN3S. The molecule has 0 aliphatic heterocycles. The summed E-state index contributed by atoms with van der Waals surface area (Å²) < 4.78 is 14.0. The molecule has 0 amide bonds. The fraction of sp³-hybridized carbons (Fsp3) is 0.357. The van der Waals surface area contributed by atoms with Crippen molar-refractivity contribution in [3.05, 3.63) is 42.0 Å². The Hall–Kier alpha value is -1.33. The first-order valence-corrected chi connectivity index (χ1v) is 7.22. The Labute approximate surface area is 117 Å². The lowest BCUT2D eigenvalue weighted by Gasteiger charge is -2.14.